The maximum absolute atomic E-state index is 5.98. The lowest BCUT2D eigenvalue weighted by atomic mass is 9.95. The van der Waals surface area contributed by atoms with Crippen LogP contribution in [0, 0.1) is 5.41 Å². The van der Waals surface area contributed by atoms with E-state index in [1.54, 1.807) is 0 Å². The van der Waals surface area contributed by atoms with E-state index in [0.717, 1.165) is 19.5 Å². The minimum absolute atomic E-state index is 0.0503. The van der Waals surface area contributed by atoms with Crippen LogP contribution >= 0.6 is 0 Å². The zero-order chi connectivity index (χ0) is 9.83. The highest BCUT2D eigenvalue weighted by atomic mass is 14.9. The van der Waals surface area contributed by atoms with Gasteiger partial charge in [-0.1, -0.05) is 27.7 Å². The zero-order valence-corrected chi connectivity index (χ0v) is 9.20. The van der Waals surface area contributed by atoms with Crippen molar-refractivity contribution in [1.82, 2.24) is 5.32 Å². The molecule has 1 atom stereocenters. The quantitative estimate of drug-likeness (QED) is 0.678. The van der Waals surface area contributed by atoms with Crippen molar-refractivity contribution < 1.29 is 0 Å². The Morgan fingerprint density at radius 1 is 1.08 bits per heavy atom. The Morgan fingerprint density at radius 2 is 1.58 bits per heavy atom. The number of nitrogens with one attached hydrogen (secondary N) is 1. The highest BCUT2D eigenvalue weighted by Crippen LogP contribution is 2.11. The molecular weight excluding hydrogens is 148 g/mol. The standard InChI is InChI=1S/C10H24N2/c1-6-10(5,11)8-12-7-9(2,3)4/h12H,6-8,11H2,1-5H3. The first-order chi connectivity index (χ1) is 5.27. The van der Waals surface area contributed by atoms with Crippen LogP contribution in [0.15, 0.2) is 0 Å². The minimum Gasteiger partial charge on any atom is -0.324 e. The molecule has 0 amide bonds. The summed E-state index contributed by atoms with van der Waals surface area (Å²) in [6.07, 6.45) is 1.02. The maximum atomic E-state index is 5.98. The maximum Gasteiger partial charge on any atom is 0.0249 e. The summed E-state index contributed by atoms with van der Waals surface area (Å²) in [7, 11) is 0. The third kappa shape index (κ3) is 6.62. The Kier molecular flexibility index (Phi) is 4.21. The van der Waals surface area contributed by atoms with Gasteiger partial charge in [-0.15, -0.1) is 0 Å². The van der Waals surface area contributed by atoms with Gasteiger partial charge in [0.15, 0.2) is 0 Å². The fourth-order valence-electron chi connectivity index (χ4n) is 0.848. The van der Waals surface area contributed by atoms with Gasteiger partial charge in [0.1, 0.15) is 0 Å². The largest absolute Gasteiger partial charge is 0.324 e. The molecule has 0 aliphatic rings. The average Bonchev–Trinajstić information content (AvgIpc) is 1.84. The smallest absolute Gasteiger partial charge is 0.0249 e. The van der Waals surface area contributed by atoms with Gasteiger partial charge in [-0.2, -0.15) is 0 Å². The molecule has 0 bridgehead atoms. The van der Waals surface area contributed by atoms with Gasteiger partial charge in [-0.3, -0.25) is 0 Å². The van der Waals surface area contributed by atoms with Crippen LogP contribution in [-0.4, -0.2) is 18.6 Å². The highest BCUT2D eigenvalue weighted by Gasteiger charge is 2.16. The molecule has 0 fully saturated rings. The van der Waals surface area contributed by atoms with Gasteiger partial charge >= 0.3 is 0 Å². The molecule has 0 aromatic heterocycles. The number of hydrogen-bond donors (Lipinski definition) is 2. The Balaban J connectivity index is 3.57. The topological polar surface area (TPSA) is 38.0 Å². The number of hydrogen-bond acceptors (Lipinski definition) is 2. The molecule has 3 N–H and O–H groups in total. The first kappa shape index (κ1) is 11.9. The van der Waals surface area contributed by atoms with Crippen LogP contribution in [0.4, 0.5) is 0 Å². The summed E-state index contributed by atoms with van der Waals surface area (Å²) in [5.74, 6) is 0. The van der Waals surface area contributed by atoms with Gasteiger partial charge < -0.3 is 11.1 Å². The molecule has 0 heterocycles. The second-order valence-corrected chi connectivity index (χ2v) is 5.17. The van der Waals surface area contributed by atoms with E-state index in [1.807, 2.05) is 0 Å². The molecule has 0 aliphatic carbocycles. The summed E-state index contributed by atoms with van der Waals surface area (Å²) in [6, 6.07) is 0. The number of nitrogens with two attached hydrogens (primary N) is 1. The molecular formula is C10H24N2. The van der Waals surface area contributed by atoms with Crippen LogP contribution in [0.2, 0.25) is 0 Å². The summed E-state index contributed by atoms with van der Waals surface area (Å²) >= 11 is 0. The van der Waals surface area contributed by atoms with Crippen molar-refractivity contribution in [1.29, 1.82) is 0 Å². The monoisotopic (exact) mass is 172 g/mol. The second-order valence-electron chi connectivity index (χ2n) is 5.17. The normalized spacial score (nSPS) is 17.5. The molecule has 2 heteroatoms. The molecule has 1 unspecified atom stereocenters. The van der Waals surface area contributed by atoms with Crippen molar-refractivity contribution >= 4 is 0 Å². The zero-order valence-electron chi connectivity index (χ0n) is 9.20. The fourth-order valence-corrected chi connectivity index (χ4v) is 0.848. The van der Waals surface area contributed by atoms with Gasteiger partial charge in [0.05, 0.1) is 0 Å². The first-order valence-corrected chi connectivity index (χ1v) is 4.76. The lowest BCUT2D eigenvalue weighted by Gasteiger charge is -2.26. The van der Waals surface area contributed by atoms with Crippen LogP contribution in [0.3, 0.4) is 0 Å². The van der Waals surface area contributed by atoms with Crippen molar-refractivity contribution in [3.05, 3.63) is 0 Å². The third-order valence-corrected chi connectivity index (χ3v) is 1.99. The van der Waals surface area contributed by atoms with Crippen molar-refractivity contribution in [2.24, 2.45) is 11.1 Å². The molecule has 0 radical (unpaired) electrons. The van der Waals surface area contributed by atoms with Crippen LogP contribution in [0.5, 0.6) is 0 Å². The summed E-state index contributed by atoms with van der Waals surface area (Å²) in [6.45, 7) is 12.8. The van der Waals surface area contributed by atoms with Crippen LogP contribution < -0.4 is 11.1 Å². The van der Waals surface area contributed by atoms with Crippen LogP contribution in [0.25, 0.3) is 0 Å². The highest BCUT2D eigenvalue weighted by molar-refractivity contribution is 4.80. The molecule has 0 rings (SSSR count). The Bertz CT molecular complexity index is 122. The summed E-state index contributed by atoms with van der Waals surface area (Å²) in [5.41, 5.74) is 6.28. The lowest BCUT2D eigenvalue weighted by Crippen LogP contribution is -2.47. The summed E-state index contributed by atoms with van der Waals surface area (Å²) in [4.78, 5) is 0. The third-order valence-electron chi connectivity index (χ3n) is 1.99. The van der Waals surface area contributed by atoms with Crippen LogP contribution in [0.1, 0.15) is 41.0 Å². The van der Waals surface area contributed by atoms with E-state index in [0.29, 0.717) is 5.41 Å². The lowest BCUT2D eigenvalue weighted by molar-refractivity contribution is 0.341. The second kappa shape index (κ2) is 4.24. The molecule has 0 saturated heterocycles. The van der Waals surface area contributed by atoms with E-state index < -0.39 is 0 Å². The van der Waals surface area contributed by atoms with E-state index in [9.17, 15) is 0 Å². The summed E-state index contributed by atoms with van der Waals surface area (Å²) in [5, 5.41) is 3.39. The van der Waals surface area contributed by atoms with Gasteiger partial charge in [-0.25, -0.2) is 0 Å². The molecule has 0 aliphatic heterocycles. The minimum atomic E-state index is -0.0503. The van der Waals surface area contributed by atoms with Crippen LogP contribution in [-0.2, 0) is 0 Å². The van der Waals surface area contributed by atoms with Gasteiger partial charge in [0, 0.05) is 18.6 Å². The predicted molar refractivity (Wildman–Crippen MR) is 55.2 cm³/mol. The molecule has 0 aromatic rings. The van der Waals surface area contributed by atoms with E-state index in [1.165, 1.54) is 0 Å². The molecule has 0 spiro atoms. The molecule has 2 nitrogen and oxygen atoms in total. The molecule has 74 valence electrons. The van der Waals surface area contributed by atoms with Gasteiger partial charge in [0.25, 0.3) is 0 Å². The fraction of sp³-hybridized carbons (Fsp3) is 1.00. The first-order valence-electron chi connectivity index (χ1n) is 4.76. The molecule has 0 saturated carbocycles. The van der Waals surface area contributed by atoms with E-state index in [4.69, 9.17) is 5.73 Å². The van der Waals surface area contributed by atoms with Gasteiger partial charge in [-0.05, 0) is 18.8 Å². The van der Waals surface area contributed by atoms with Crippen molar-refractivity contribution in [2.45, 2.75) is 46.6 Å². The van der Waals surface area contributed by atoms with Crippen molar-refractivity contribution in [3.8, 4) is 0 Å². The van der Waals surface area contributed by atoms with E-state index in [-0.39, 0.29) is 5.54 Å². The molecule has 0 aromatic carbocycles. The van der Waals surface area contributed by atoms with E-state index in [2.05, 4.69) is 39.9 Å². The van der Waals surface area contributed by atoms with E-state index >= 15 is 0 Å². The Labute approximate surface area is 76.9 Å². The summed E-state index contributed by atoms with van der Waals surface area (Å²) < 4.78 is 0. The van der Waals surface area contributed by atoms with Crippen molar-refractivity contribution in [3.63, 3.8) is 0 Å². The van der Waals surface area contributed by atoms with Gasteiger partial charge in [0.2, 0.25) is 0 Å². The average molecular weight is 172 g/mol. The van der Waals surface area contributed by atoms with Crippen molar-refractivity contribution in [2.75, 3.05) is 13.1 Å². The Hall–Kier alpha value is -0.0800. The Morgan fingerprint density at radius 3 is 1.92 bits per heavy atom. The number of rotatable bonds is 4. The SMILES string of the molecule is CCC(C)(N)CNCC(C)(C)C. The molecule has 12 heavy (non-hydrogen) atoms. The predicted octanol–water partition coefficient (Wildman–Crippen LogP) is 1.75.